The minimum atomic E-state index is 0.379. The lowest BCUT2D eigenvalue weighted by molar-refractivity contribution is 0.355. The molecule has 108 valence electrons. The number of aromatic nitrogens is 2. The third-order valence-electron chi connectivity index (χ3n) is 3.22. The summed E-state index contributed by atoms with van der Waals surface area (Å²) in [6, 6.07) is 8.01. The van der Waals surface area contributed by atoms with E-state index in [4.69, 9.17) is 9.26 Å². The van der Waals surface area contributed by atoms with E-state index in [1.807, 2.05) is 24.3 Å². The quantitative estimate of drug-likeness (QED) is 0.841. The summed E-state index contributed by atoms with van der Waals surface area (Å²) < 4.78 is 10.5. The van der Waals surface area contributed by atoms with Gasteiger partial charge in [0, 0.05) is 18.0 Å². The van der Waals surface area contributed by atoms with Gasteiger partial charge in [-0.25, -0.2) is 0 Å². The van der Waals surface area contributed by atoms with Crippen molar-refractivity contribution in [2.45, 2.75) is 32.7 Å². The van der Waals surface area contributed by atoms with Gasteiger partial charge < -0.3 is 14.6 Å². The molecule has 20 heavy (non-hydrogen) atoms. The van der Waals surface area contributed by atoms with Crippen molar-refractivity contribution in [3.8, 4) is 17.1 Å². The highest BCUT2D eigenvalue weighted by Gasteiger charge is 2.13. The summed E-state index contributed by atoms with van der Waals surface area (Å²) >= 11 is 0. The average molecular weight is 275 g/mol. The molecule has 0 spiro atoms. The van der Waals surface area contributed by atoms with Crippen LogP contribution in [0.2, 0.25) is 0 Å². The molecule has 1 aromatic heterocycles. The zero-order chi connectivity index (χ0) is 14.4. The summed E-state index contributed by atoms with van der Waals surface area (Å²) in [4.78, 5) is 4.45. The Hall–Kier alpha value is -1.88. The summed E-state index contributed by atoms with van der Waals surface area (Å²) in [6.07, 6.45) is 1.79. The predicted molar refractivity (Wildman–Crippen MR) is 77.7 cm³/mol. The smallest absolute Gasteiger partial charge is 0.228 e. The van der Waals surface area contributed by atoms with Crippen molar-refractivity contribution in [2.75, 3.05) is 13.7 Å². The lowest BCUT2D eigenvalue weighted by Gasteiger charge is -2.12. The zero-order valence-corrected chi connectivity index (χ0v) is 12.2. The molecule has 0 fully saturated rings. The van der Waals surface area contributed by atoms with Crippen LogP contribution in [0.25, 0.3) is 11.4 Å². The number of ether oxygens (including phenoxy) is 1. The van der Waals surface area contributed by atoms with Gasteiger partial charge in [0.1, 0.15) is 5.75 Å². The minimum absolute atomic E-state index is 0.379. The van der Waals surface area contributed by atoms with E-state index in [-0.39, 0.29) is 0 Å². The van der Waals surface area contributed by atoms with Crippen LogP contribution in [0.1, 0.15) is 26.2 Å². The molecule has 1 N–H and O–H groups in total. The SMILES string of the molecule is CCNC(CC)Cc1nc(-c2ccc(OC)cc2)no1. The van der Waals surface area contributed by atoms with Crippen LogP contribution < -0.4 is 10.1 Å². The van der Waals surface area contributed by atoms with E-state index in [0.29, 0.717) is 17.8 Å². The molecule has 5 heteroatoms. The molecule has 0 aliphatic heterocycles. The number of hydrogen-bond donors (Lipinski definition) is 1. The van der Waals surface area contributed by atoms with Gasteiger partial charge in [0.25, 0.3) is 0 Å². The Balaban J connectivity index is 2.07. The first-order valence-electron chi connectivity index (χ1n) is 6.97. The van der Waals surface area contributed by atoms with E-state index in [0.717, 1.165) is 30.7 Å². The summed E-state index contributed by atoms with van der Waals surface area (Å²) in [5.41, 5.74) is 0.928. The monoisotopic (exact) mass is 275 g/mol. The molecule has 1 aromatic carbocycles. The van der Waals surface area contributed by atoms with Crippen LogP contribution in [0.15, 0.2) is 28.8 Å². The molecule has 0 amide bonds. The first-order valence-corrected chi connectivity index (χ1v) is 6.97. The summed E-state index contributed by atoms with van der Waals surface area (Å²) in [5, 5.41) is 7.44. The predicted octanol–water partition coefficient (Wildman–Crippen LogP) is 2.68. The molecule has 0 aliphatic carbocycles. The fourth-order valence-corrected chi connectivity index (χ4v) is 2.06. The third-order valence-corrected chi connectivity index (χ3v) is 3.22. The fraction of sp³-hybridized carbons (Fsp3) is 0.467. The van der Waals surface area contributed by atoms with Crippen LogP contribution in [-0.2, 0) is 6.42 Å². The van der Waals surface area contributed by atoms with Crippen LogP contribution in [0.4, 0.5) is 0 Å². The second-order valence-corrected chi connectivity index (χ2v) is 4.61. The van der Waals surface area contributed by atoms with Gasteiger partial charge in [-0.15, -0.1) is 0 Å². The molecule has 5 nitrogen and oxygen atoms in total. The number of nitrogens with one attached hydrogen (secondary N) is 1. The topological polar surface area (TPSA) is 60.2 Å². The first-order chi connectivity index (χ1) is 9.76. The van der Waals surface area contributed by atoms with Crippen molar-refractivity contribution in [3.05, 3.63) is 30.2 Å². The number of nitrogens with zero attached hydrogens (tertiary/aromatic N) is 2. The second-order valence-electron chi connectivity index (χ2n) is 4.61. The van der Waals surface area contributed by atoms with Crippen LogP contribution in [0.5, 0.6) is 5.75 Å². The molecule has 1 heterocycles. The highest BCUT2D eigenvalue weighted by molar-refractivity contribution is 5.55. The molecule has 0 saturated carbocycles. The molecule has 1 atom stereocenters. The number of likely N-dealkylation sites (N-methyl/N-ethyl adjacent to an activating group) is 1. The molecule has 1 unspecified atom stereocenters. The molecular formula is C15H21N3O2. The summed E-state index contributed by atoms with van der Waals surface area (Å²) in [6.45, 7) is 5.19. The molecule has 2 rings (SSSR count). The fourth-order valence-electron chi connectivity index (χ4n) is 2.06. The average Bonchev–Trinajstić information content (AvgIpc) is 2.95. The Morgan fingerprint density at radius 3 is 2.60 bits per heavy atom. The Labute approximate surface area is 119 Å². The number of rotatable bonds is 7. The molecule has 0 bridgehead atoms. The molecule has 0 saturated heterocycles. The normalized spacial score (nSPS) is 12.3. The summed E-state index contributed by atoms with van der Waals surface area (Å²) in [5.74, 6) is 2.10. The molecule has 0 aliphatic rings. The maximum absolute atomic E-state index is 5.32. The Bertz CT molecular complexity index is 522. The van der Waals surface area contributed by atoms with Gasteiger partial charge in [-0.2, -0.15) is 4.98 Å². The summed E-state index contributed by atoms with van der Waals surface area (Å²) in [7, 11) is 1.65. The van der Waals surface area contributed by atoms with E-state index in [2.05, 4.69) is 29.3 Å². The Kier molecular flexibility index (Phi) is 5.12. The zero-order valence-electron chi connectivity index (χ0n) is 12.2. The van der Waals surface area contributed by atoms with Gasteiger partial charge >= 0.3 is 0 Å². The van der Waals surface area contributed by atoms with E-state index in [9.17, 15) is 0 Å². The first kappa shape index (κ1) is 14.5. The van der Waals surface area contributed by atoms with Crippen LogP contribution in [0.3, 0.4) is 0 Å². The van der Waals surface area contributed by atoms with Crippen molar-refractivity contribution in [2.24, 2.45) is 0 Å². The van der Waals surface area contributed by atoms with Gasteiger partial charge in [0.05, 0.1) is 7.11 Å². The highest BCUT2D eigenvalue weighted by Crippen LogP contribution is 2.20. The van der Waals surface area contributed by atoms with Crippen LogP contribution in [0, 0.1) is 0 Å². The maximum atomic E-state index is 5.32. The number of methoxy groups -OCH3 is 1. The Morgan fingerprint density at radius 2 is 2.00 bits per heavy atom. The second kappa shape index (κ2) is 7.05. The van der Waals surface area contributed by atoms with Crippen LogP contribution >= 0.6 is 0 Å². The van der Waals surface area contributed by atoms with Crippen molar-refractivity contribution in [1.29, 1.82) is 0 Å². The molecular weight excluding hydrogens is 254 g/mol. The Morgan fingerprint density at radius 1 is 1.25 bits per heavy atom. The van der Waals surface area contributed by atoms with Gasteiger partial charge in [-0.1, -0.05) is 19.0 Å². The van der Waals surface area contributed by atoms with Crippen molar-refractivity contribution in [1.82, 2.24) is 15.5 Å². The lowest BCUT2D eigenvalue weighted by Crippen LogP contribution is -2.30. The van der Waals surface area contributed by atoms with E-state index < -0.39 is 0 Å². The van der Waals surface area contributed by atoms with Crippen molar-refractivity contribution >= 4 is 0 Å². The third kappa shape index (κ3) is 3.57. The lowest BCUT2D eigenvalue weighted by atomic mass is 10.1. The molecule has 0 radical (unpaired) electrons. The van der Waals surface area contributed by atoms with Gasteiger partial charge in [-0.05, 0) is 37.2 Å². The van der Waals surface area contributed by atoms with Gasteiger partial charge in [0.2, 0.25) is 11.7 Å². The minimum Gasteiger partial charge on any atom is -0.497 e. The van der Waals surface area contributed by atoms with E-state index in [1.54, 1.807) is 7.11 Å². The van der Waals surface area contributed by atoms with Crippen molar-refractivity contribution in [3.63, 3.8) is 0 Å². The maximum Gasteiger partial charge on any atom is 0.228 e. The van der Waals surface area contributed by atoms with Crippen LogP contribution in [-0.4, -0.2) is 29.8 Å². The van der Waals surface area contributed by atoms with Gasteiger partial charge in [0.15, 0.2) is 0 Å². The molecule has 2 aromatic rings. The highest BCUT2D eigenvalue weighted by atomic mass is 16.5. The van der Waals surface area contributed by atoms with Crippen molar-refractivity contribution < 1.29 is 9.26 Å². The number of benzene rings is 1. The standard InChI is InChI=1S/C15H21N3O2/c1-4-12(16-5-2)10-14-17-15(18-20-14)11-6-8-13(19-3)9-7-11/h6-9,12,16H,4-5,10H2,1-3H3. The van der Waals surface area contributed by atoms with E-state index >= 15 is 0 Å². The number of hydrogen-bond acceptors (Lipinski definition) is 5. The van der Waals surface area contributed by atoms with Gasteiger partial charge in [-0.3, -0.25) is 0 Å². The van der Waals surface area contributed by atoms with E-state index in [1.165, 1.54) is 0 Å². The largest absolute Gasteiger partial charge is 0.497 e.